The number of carbonyl (C=O) groups excluding carboxylic acids is 1. The molecule has 1 aliphatic rings. The van der Waals surface area contributed by atoms with Crippen LogP contribution >= 0.6 is 0 Å². The third kappa shape index (κ3) is 2.63. The molecule has 1 aromatic heterocycles. The van der Waals surface area contributed by atoms with Gasteiger partial charge in [-0.15, -0.1) is 0 Å². The molecule has 0 N–H and O–H groups in total. The van der Waals surface area contributed by atoms with Crippen LogP contribution in [0.15, 0.2) is 34.9 Å². The zero-order valence-corrected chi connectivity index (χ0v) is 12.2. The highest BCUT2D eigenvalue weighted by molar-refractivity contribution is 5.94. The maximum Gasteiger partial charge on any atom is 0.254 e. The Balaban J connectivity index is 1.82. The van der Waals surface area contributed by atoms with Crippen molar-refractivity contribution >= 4 is 5.91 Å². The molecule has 110 valence electrons. The van der Waals surface area contributed by atoms with E-state index >= 15 is 0 Å². The molecule has 5 nitrogen and oxygen atoms in total. The fourth-order valence-electron chi connectivity index (χ4n) is 2.76. The fraction of sp³-hybridized carbons (Fsp3) is 0.375. The molecule has 1 atom stereocenters. The highest BCUT2D eigenvalue weighted by Crippen LogP contribution is 2.32. The monoisotopic (exact) mass is 286 g/mol. The summed E-state index contributed by atoms with van der Waals surface area (Å²) in [5, 5.41) is 4.06. The van der Waals surface area contributed by atoms with E-state index in [0.29, 0.717) is 5.56 Å². The van der Waals surface area contributed by atoms with E-state index in [1.165, 1.54) is 0 Å². The summed E-state index contributed by atoms with van der Waals surface area (Å²) in [6.07, 6.45) is 1.91. The quantitative estimate of drug-likeness (QED) is 0.870. The van der Waals surface area contributed by atoms with Crippen LogP contribution in [0.5, 0.6) is 5.75 Å². The Hall–Kier alpha value is -2.30. The summed E-state index contributed by atoms with van der Waals surface area (Å²) in [5.41, 5.74) is 1.51. The van der Waals surface area contributed by atoms with Gasteiger partial charge in [0.25, 0.3) is 5.91 Å². The Morgan fingerprint density at radius 1 is 1.38 bits per heavy atom. The summed E-state index contributed by atoms with van der Waals surface area (Å²) in [7, 11) is 1.61. The molecule has 0 saturated carbocycles. The van der Waals surface area contributed by atoms with E-state index in [1.54, 1.807) is 31.4 Å². The molecular formula is C16H18N2O3. The second-order valence-corrected chi connectivity index (χ2v) is 5.25. The summed E-state index contributed by atoms with van der Waals surface area (Å²) in [6.45, 7) is 2.61. The lowest BCUT2D eigenvalue weighted by Crippen LogP contribution is -2.30. The number of ether oxygens (including phenoxy) is 1. The minimum atomic E-state index is 0.0112. The van der Waals surface area contributed by atoms with Crippen LogP contribution in [-0.2, 0) is 0 Å². The Bertz CT molecular complexity index is 633. The normalized spacial score (nSPS) is 18.0. The second kappa shape index (κ2) is 5.60. The first-order chi connectivity index (χ1) is 10.2. The standard InChI is InChI=1S/C16H18N2O3/c1-11-10-14(17-21-11)15-4-3-9-18(15)16(19)12-5-7-13(20-2)8-6-12/h5-8,10,15H,3-4,9H2,1-2H3. The second-order valence-electron chi connectivity index (χ2n) is 5.25. The van der Waals surface area contributed by atoms with E-state index < -0.39 is 0 Å². The fourth-order valence-corrected chi connectivity index (χ4v) is 2.76. The van der Waals surface area contributed by atoms with Crippen LogP contribution in [0.1, 0.15) is 40.7 Å². The number of benzene rings is 1. The van der Waals surface area contributed by atoms with Gasteiger partial charge in [0.1, 0.15) is 17.2 Å². The van der Waals surface area contributed by atoms with Crippen molar-refractivity contribution in [2.45, 2.75) is 25.8 Å². The zero-order chi connectivity index (χ0) is 14.8. The van der Waals surface area contributed by atoms with Crippen molar-refractivity contribution < 1.29 is 14.1 Å². The molecule has 1 unspecified atom stereocenters. The van der Waals surface area contributed by atoms with Crippen LogP contribution in [-0.4, -0.2) is 29.6 Å². The van der Waals surface area contributed by atoms with Gasteiger partial charge >= 0.3 is 0 Å². The van der Waals surface area contributed by atoms with Gasteiger partial charge in [-0.2, -0.15) is 0 Å². The molecule has 3 rings (SSSR count). The molecule has 0 radical (unpaired) electrons. The molecule has 21 heavy (non-hydrogen) atoms. The number of rotatable bonds is 3. The van der Waals surface area contributed by atoms with Gasteiger partial charge in [0.05, 0.1) is 13.2 Å². The molecule has 1 aromatic carbocycles. The molecule has 2 heterocycles. The molecule has 1 aliphatic heterocycles. The van der Waals surface area contributed by atoms with E-state index in [1.807, 2.05) is 17.9 Å². The van der Waals surface area contributed by atoms with Crippen molar-refractivity contribution in [3.05, 3.63) is 47.3 Å². The summed E-state index contributed by atoms with van der Waals surface area (Å²) >= 11 is 0. The van der Waals surface area contributed by atoms with Crippen molar-refractivity contribution in [3.63, 3.8) is 0 Å². The van der Waals surface area contributed by atoms with E-state index in [9.17, 15) is 4.79 Å². The highest BCUT2D eigenvalue weighted by atomic mass is 16.5. The molecule has 1 fully saturated rings. The van der Waals surface area contributed by atoms with Crippen LogP contribution in [0.2, 0.25) is 0 Å². The van der Waals surface area contributed by atoms with Crippen molar-refractivity contribution in [1.82, 2.24) is 10.1 Å². The summed E-state index contributed by atoms with van der Waals surface area (Å²) in [6, 6.07) is 9.12. The van der Waals surface area contributed by atoms with Gasteiger partial charge in [-0.25, -0.2) is 0 Å². The Morgan fingerprint density at radius 2 is 2.14 bits per heavy atom. The maximum atomic E-state index is 12.7. The lowest BCUT2D eigenvalue weighted by Gasteiger charge is -2.23. The first kappa shape index (κ1) is 13.7. The van der Waals surface area contributed by atoms with E-state index in [0.717, 1.165) is 36.6 Å². The van der Waals surface area contributed by atoms with Gasteiger partial charge in [0.15, 0.2) is 0 Å². The molecule has 0 bridgehead atoms. The van der Waals surface area contributed by atoms with Crippen LogP contribution in [0.25, 0.3) is 0 Å². The van der Waals surface area contributed by atoms with Crippen molar-refractivity contribution in [1.29, 1.82) is 0 Å². The van der Waals surface area contributed by atoms with E-state index in [2.05, 4.69) is 5.16 Å². The van der Waals surface area contributed by atoms with E-state index in [-0.39, 0.29) is 11.9 Å². The molecule has 0 aliphatic carbocycles. The smallest absolute Gasteiger partial charge is 0.254 e. The average Bonchev–Trinajstić information content (AvgIpc) is 3.15. The molecule has 1 saturated heterocycles. The first-order valence-electron chi connectivity index (χ1n) is 7.07. The lowest BCUT2D eigenvalue weighted by molar-refractivity contribution is 0.0731. The number of nitrogens with zero attached hydrogens (tertiary/aromatic N) is 2. The molecule has 2 aromatic rings. The number of aryl methyl sites for hydroxylation is 1. The van der Waals surface area contributed by atoms with E-state index in [4.69, 9.17) is 9.26 Å². The van der Waals surface area contributed by atoms with Gasteiger partial charge < -0.3 is 14.2 Å². The lowest BCUT2D eigenvalue weighted by atomic mass is 10.1. The summed E-state index contributed by atoms with van der Waals surface area (Å²) in [5.74, 6) is 1.55. The van der Waals surface area contributed by atoms with Crippen LogP contribution in [0, 0.1) is 6.92 Å². The minimum Gasteiger partial charge on any atom is -0.497 e. The third-order valence-corrected chi connectivity index (χ3v) is 3.84. The molecule has 0 spiro atoms. The number of carbonyl (C=O) groups is 1. The predicted molar refractivity (Wildman–Crippen MR) is 77.2 cm³/mol. The van der Waals surface area contributed by atoms with Crippen molar-refractivity contribution in [2.75, 3.05) is 13.7 Å². The number of hydrogen-bond donors (Lipinski definition) is 0. The van der Waals surface area contributed by atoms with Gasteiger partial charge in [-0.05, 0) is 44.0 Å². The Morgan fingerprint density at radius 3 is 2.76 bits per heavy atom. The van der Waals surface area contributed by atoms with Gasteiger partial charge in [-0.1, -0.05) is 5.16 Å². The molecule has 5 heteroatoms. The highest BCUT2D eigenvalue weighted by Gasteiger charge is 2.32. The predicted octanol–water partition coefficient (Wildman–Crippen LogP) is 2.97. The van der Waals surface area contributed by atoms with Crippen molar-refractivity contribution in [3.8, 4) is 5.75 Å². The Kier molecular flexibility index (Phi) is 3.64. The number of hydrogen-bond acceptors (Lipinski definition) is 4. The number of likely N-dealkylation sites (tertiary alicyclic amines) is 1. The summed E-state index contributed by atoms with van der Waals surface area (Å²) < 4.78 is 10.3. The van der Waals surface area contributed by atoms with Crippen molar-refractivity contribution in [2.24, 2.45) is 0 Å². The Labute approximate surface area is 123 Å². The van der Waals surface area contributed by atoms with Gasteiger partial charge in [0.2, 0.25) is 0 Å². The zero-order valence-electron chi connectivity index (χ0n) is 12.2. The van der Waals surface area contributed by atoms with Crippen LogP contribution in [0.4, 0.5) is 0 Å². The largest absolute Gasteiger partial charge is 0.497 e. The van der Waals surface area contributed by atoms with Crippen LogP contribution < -0.4 is 4.74 Å². The molecule has 1 amide bonds. The number of aromatic nitrogens is 1. The van der Waals surface area contributed by atoms with Gasteiger partial charge in [0, 0.05) is 18.2 Å². The first-order valence-corrected chi connectivity index (χ1v) is 7.07. The molecular weight excluding hydrogens is 268 g/mol. The number of amides is 1. The topological polar surface area (TPSA) is 55.6 Å². The van der Waals surface area contributed by atoms with Gasteiger partial charge in [-0.3, -0.25) is 4.79 Å². The summed E-state index contributed by atoms with van der Waals surface area (Å²) in [4.78, 5) is 14.5. The van der Waals surface area contributed by atoms with Crippen LogP contribution in [0.3, 0.4) is 0 Å². The SMILES string of the molecule is COc1ccc(C(=O)N2CCCC2c2cc(C)on2)cc1. The number of methoxy groups -OCH3 is 1. The third-order valence-electron chi connectivity index (χ3n) is 3.84. The average molecular weight is 286 g/mol. The maximum absolute atomic E-state index is 12.7. The minimum absolute atomic E-state index is 0.0112.